The number of ether oxygens (including phenoxy) is 1. The Morgan fingerprint density at radius 1 is 0.952 bits per heavy atom. The van der Waals surface area contributed by atoms with Crippen LogP contribution in [0.25, 0.3) is 0 Å². The van der Waals surface area contributed by atoms with Crippen LogP contribution in [-0.2, 0) is 16.1 Å². The van der Waals surface area contributed by atoms with Crippen LogP contribution in [0.3, 0.4) is 0 Å². The van der Waals surface area contributed by atoms with E-state index >= 15 is 0 Å². The summed E-state index contributed by atoms with van der Waals surface area (Å²) in [4.78, 5) is 32.0. The summed E-state index contributed by atoms with van der Waals surface area (Å²) < 4.78 is 25.5. The first-order valence-electron chi connectivity index (χ1n) is 15.1. The molecule has 1 atom stereocenters. The molecule has 7 nitrogen and oxygen atoms in total. The van der Waals surface area contributed by atoms with Crippen molar-refractivity contribution in [2.45, 2.75) is 76.9 Å². The number of hydrogen-bond donors (Lipinski definition) is 1. The van der Waals surface area contributed by atoms with Gasteiger partial charge in [0.1, 0.15) is 17.6 Å². The molecule has 2 heterocycles. The van der Waals surface area contributed by atoms with Crippen molar-refractivity contribution in [2.75, 3.05) is 31.2 Å². The number of morpholine rings is 1. The van der Waals surface area contributed by atoms with E-state index in [4.69, 9.17) is 9.15 Å². The molecule has 0 bridgehead atoms. The lowest BCUT2D eigenvalue weighted by Crippen LogP contribution is -2.49. The number of amides is 2. The monoisotopic (exact) mass is 575 g/mol. The maximum Gasteiger partial charge on any atom is 0.294 e. The third-order valence-corrected chi connectivity index (χ3v) is 8.01. The summed E-state index contributed by atoms with van der Waals surface area (Å²) in [6.07, 6.45) is 6.04. The standard InChI is InChI=1S/C34H42FN3O4/c1-34(2,3)36-32(39)31(26-9-13-27(35)14-10-26)38(28-15-11-25(12-16-28)24-7-5-4-6-8-24)33(40)30-18-17-29(42-30)23-37-19-21-41-22-20-37/h9-18,24,31H,4-8,19-23H2,1-3H3,(H,36,39)/t31-/m1/s1. The van der Waals surface area contributed by atoms with E-state index in [-0.39, 0.29) is 11.7 Å². The molecule has 1 aromatic heterocycles. The Labute approximate surface area is 248 Å². The number of halogens is 1. The molecule has 8 heteroatoms. The Balaban J connectivity index is 1.52. The number of anilines is 1. The second-order valence-corrected chi connectivity index (χ2v) is 12.4. The zero-order chi connectivity index (χ0) is 29.7. The van der Waals surface area contributed by atoms with Gasteiger partial charge in [-0.15, -0.1) is 0 Å². The molecule has 2 fully saturated rings. The second kappa shape index (κ2) is 13.2. The predicted octanol–water partition coefficient (Wildman–Crippen LogP) is 6.60. The number of benzene rings is 2. The first kappa shape index (κ1) is 30.0. The number of furan rings is 1. The molecule has 3 aromatic rings. The number of nitrogens with zero attached hydrogens (tertiary/aromatic N) is 2. The van der Waals surface area contributed by atoms with Crippen molar-refractivity contribution in [3.8, 4) is 0 Å². The summed E-state index contributed by atoms with van der Waals surface area (Å²) in [5, 5.41) is 3.04. The summed E-state index contributed by atoms with van der Waals surface area (Å²) in [7, 11) is 0. The van der Waals surface area contributed by atoms with Gasteiger partial charge in [0.2, 0.25) is 5.91 Å². The number of hydrogen-bond acceptors (Lipinski definition) is 5. The predicted molar refractivity (Wildman–Crippen MR) is 161 cm³/mol. The topological polar surface area (TPSA) is 75.0 Å². The number of carbonyl (C=O) groups is 2. The van der Waals surface area contributed by atoms with Crippen LogP contribution < -0.4 is 10.2 Å². The number of carbonyl (C=O) groups excluding carboxylic acids is 2. The Morgan fingerprint density at radius 3 is 2.26 bits per heavy atom. The van der Waals surface area contributed by atoms with Gasteiger partial charge in [0, 0.05) is 24.3 Å². The summed E-state index contributed by atoms with van der Waals surface area (Å²) in [5.41, 5.74) is 1.77. The van der Waals surface area contributed by atoms with E-state index in [1.165, 1.54) is 41.9 Å². The van der Waals surface area contributed by atoms with Gasteiger partial charge in [-0.2, -0.15) is 0 Å². The zero-order valence-corrected chi connectivity index (χ0v) is 24.9. The van der Waals surface area contributed by atoms with E-state index in [2.05, 4.69) is 22.3 Å². The summed E-state index contributed by atoms with van der Waals surface area (Å²) >= 11 is 0. The molecule has 0 unspecified atom stereocenters. The van der Waals surface area contributed by atoms with E-state index in [0.717, 1.165) is 25.9 Å². The van der Waals surface area contributed by atoms with Crippen LogP contribution in [0.15, 0.2) is 65.1 Å². The van der Waals surface area contributed by atoms with Gasteiger partial charge in [0.25, 0.3) is 5.91 Å². The van der Waals surface area contributed by atoms with Gasteiger partial charge >= 0.3 is 0 Å². The Bertz CT molecular complexity index is 1330. The number of rotatable bonds is 8. The fraction of sp³-hybridized carbons (Fsp3) is 0.471. The van der Waals surface area contributed by atoms with Crippen molar-refractivity contribution in [1.29, 1.82) is 0 Å². The molecule has 0 radical (unpaired) electrons. The molecule has 1 aliphatic heterocycles. The highest BCUT2D eigenvalue weighted by atomic mass is 19.1. The first-order chi connectivity index (χ1) is 20.2. The highest BCUT2D eigenvalue weighted by Crippen LogP contribution is 2.36. The average molecular weight is 576 g/mol. The van der Waals surface area contributed by atoms with Crippen LogP contribution in [0, 0.1) is 5.82 Å². The first-order valence-corrected chi connectivity index (χ1v) is 15.1. The lowest BCUT2D eigenvalue weighted by Gasteiger charge is -2.33. The van der Waals surface area contributed by atoms with Crippen LogP contribution in [0.1, 0.15) is 92.3 Å². The highest BCUT2D eigenvalue weighted by molar-refractivity contribution is 6.08. The van der Waals surface area contributed by atoms with Crippen molar-refractivity contribution in [2.24, 2.45) is 0 Å². The van der Waals surface area contributed by atoms with Gasteiger partial charge in [0.05, 0.1) is 19.8 Å². The minimum absolute atomic E-state index is 0.144. The maximum atomic E-state index is 14.3. The van der Waals surface area contributed by atoms with Crippen molar-refractivity contribution in [1.82, 2.24) is 10.2 Å². The van der Waals surface area contributed by atoms with Gasteiger partial charge in [-0.25, -0.2) is 4.39 Å². The molecule has 1 saturated heterocycles. The fourth-order valence-corrected chi connectivity index (χ4v) is 5.90. The second-order valence-electron chi connectivity index (χ2n) is 12.4. The fourth-order valence-electron chi connectivity index (χ4n) is 5.90. The summed E-state index contributed by atoms with van der Waals surface area (Å²) in [5.74, 6) is 0.102. The van der Waals surface area contributed by atoms with Crippen LogP contribution >= 0.6 is 0 Å². The molecule has 1 saturated carbocycles. The van der Waals surface area contributed by atoms with Gasteiger partial charge < -0.3 is 14.5 Å². The van der Waals surface area contributed by atoms with Crippen LogP contribution in [0.2, 0.25) is 0 Å². The van der Waals surface area contributed by atoms with Crippen LogP contribution in [0.4, 0.5) is 10.1 Å². The molecule has 1 N–H and O–H groups in total. The SMILES string of the molecule is CC(C)(C)NC(=O)[C@@H](c1ccc(F)cc1)N(C(=O)c1ccc(CN2CCOCC2)o1)c1ccc(C2CCCCC2)cc1. The van der Waals surface area contributed by atoms with Crippen molar-refractivity contribution >= 4 is 17.5 Å². The van der Waals surface area contributed by atoms with E-state index in [1.54, 1.807) is 18.2 Å². The molecule has 2 aromatic carbocycles. The van der Waals surface area contributed by atoms with Gasteiger partial charge in [-0.3, -0.25) is 19.4 Å². The minimum Gasteiger partial charge on any atom is -0.455 e. The van der Waals surface area contributed by atoms with Crippen LogP contribution in [0.5, 0.6) is 0 Å². The zero-order valence-electron chi connectivity index (χ0n) is 24.9. The normalized spacial score (nSPS) is 17.5. The Hall–Kier alpha value is -3.49. The Kier molecular flexibility index (Phi) is 9.43. The molecule has 2 aliphatic rings. The van der Waals surface area contributed by atoms with Crippen LogP contribution in [-0.4, -0.2) is 48.6 Å². The van der Waals surface area contributed by atoms with Crippen molar-refractivity contribution in [3.05, 3.63) is 89.1 Å². The smallest absolute Gasteiger partial charge is 0.294 e. The molecule has 1 aliphatic carbocycles. The van der Waals surface area contributed by atoms with E-state index in [1.807, 2.05) is 39.0 Å². The molecule has 224 valence electrons. The lowest BCUT2D eigenvalue weighted by molar-refractivity contribution is -0.123. The van der Waals surface area contributed by atoms with E-state index < -0.39 is 23.3 Å². The molecule has 0 spiro atoms. The maximum absolute atomic E-state index is 14.3. The molecule has 2 amide bonds. The molecule has 5 rings (SSSR count). The van der Waals surface area contributed by atoms with Gasteiger partial charge in [-0.1, -0.05) is 43.5 Å². The minimum atomic E-state index is -1.05. The van der Waals surface area contributed by atoms with Gasteiger partial charge in [0.15, 0.2) is 5.76 Å². The van der Waals surface area contributed by atoms with Crippen molar-refractivity contribution < 1.29 is 23.1 Å². The quantitative estimate of drug-likeness (QED) is 0.328. The third-order valence-electron chi connectivity index (χ3n) is 8.01. The van der Waals surface area contributed by atoms with Gasteiger partial charge in [-0.05, 0) is 87.1 Å². The summed E-state index contributed by atoms with van der Waals surface area (Å²) in [6.45, 7) is 9.16. The number of nitrogens with one attached hydrogen (secondary N) is 1. The third kappa shape index (κ3) is 7.47. The molecular weight excluding hydrogens is 533 g/mol. The van der Waals surface area contributed by atoms with E-state index in [9.17, 15) is 14.0 Å². The molecule has 42 heavy (non-hydrogen) atoms. The van der Waals surface area contributed by atoms with Crippen molar-refractivity contribution in [3.63, 3.8) is 0 Å². The molecular formula is C34H42FN3O4. The lowest BCUT2D eigenvalue weighted by atomic mass is 9.84. The largest absolute Gasteiger partial charge is 0.455 e. The Morgan fingerprint density at radius 2 is 1.62 bits per heavy atom. The summed E-state index contributed by atoms with van der Waals surface area (Å²) in [6, 6.07) is 16.2. The van der Waals surface area contributed by atoms with E-state index in [0.29, 0.717) is 42.7 Å². The average Bonchev–Trinajstić information content (AvgIpc) is 3.45. The highest BCUT2D eigenvalue weighted by Gasteiger charge is 2.36.